The molecule has 11 nitrogen and oxygen atoms in total. The first-order chi connectivity index (χ1) is 27.6. The van der Waals surface area contributed by atoms with E-state index in [1.807, 2.05) is 0 Å². The van der Waals surface area contributed by atoms with Crippen molar-refractivity contribution in [3.63, 3.8) is 0 Å². The monoisotopic (exact) mass is 830 g/mol. The molecule has 12 heteroatoms. The number of carboxylic acid groups (broad SMARTS) is 1. The number of carbonyl (C=O) groups is 3. The van der Waals surface area contributed by atoms with E-state index in [1.165, 1.54) is 116 Å². The van der Waals surface area contributed by atoms with Gasteiger partial charge in [-0.2, -0.15) is 0 Å². The maximum absolute atomic E-state index is 12.3. The molecular formula is C45H84NO10P. The summed E-state index contributed by atoms with van der Waals surface area (Å²) in [5, 5.41) is 21.8. The standard InChI is InChI=1S/C45H84NO10P/c1-3-5-7-9-11-13-15-17-18-19-20-21-22-23-24-25-27-29-31-33-35-37-44(49)54-38-41(47)39-55-57(52,53)56-40-42(45(50)51)46-43(48)36-34-32-30-28-26-16-14-12-10-8-6-4-2/h12,14,17-18,41-42,47H,3-11,13,15-16,19-40H2,1-2H3,(H,46,48)(H,50,51)(H,52,53)/b14-12-,18-17+. The van der Waals surface area contributed by atoms with Crippen molar-refractivity contribution in [2.75, 3.05) is 19.8 Å². The minimum absolute atomic E-state index is 0.136. The SMILES string of the molecule is CCCCC/C=C\CCCCCCCC(=O)NC(COP(=O)(O)OCC(O)COC(=O)CCCCCCCCCCCCC/C=C/CCCCCCCC)C(=O)O. The van der Waals surface area contributed by atoms with Gasteiger partial charge in [-0.15, -0.1) is 0 Å². The van der Waals surface area contributed by atoms with Crippen molar-refractivity contribution in [3.8, 4) is 0 Å². The lowest BCUT2D eigenvalue weighted by Gasteiger charge is -2.18. The predicted molar refractivity (Wildman–Crippen MR) is 231 cm³/mol. The molecule has 0 aliphatic carbocycles. The fourth-order valence-electron chi connectivity index (χ4n) is 6.36. The average Bonchev–Trinajstić information content (AvgIpc) is 3.18. The van der Waals surface area contributed by atoms with Gasteiger partial charge < -0.3 is 25.2 Å². The van der Waals surface area contributed by atoms with Crippen LogP contribution in [0.2, 0.25) is 0 Å². The number of unbranched alkanes of at least 4 members (excludes halogenated alkanes) is 25. The van der Waals surface area contributed by atoms with Gasteiger partial charge in [0.25, 0.3) is 0 Å². The van der Waals surface area contributed by atoms with Gasteiger partial charge in [-0.3, -0.25) is 18.6 Å². The van der Waals surface area contributed by atoms with Crippen molar-refractivity contribution in [1.29, 1.82) is 0 Å². The minimum Gasteiger partial charge on any atom is -0.480 e. The second-order valence-electron chi connectivity index (χ2n) is 15.6. The van der Waals surface area contributed by atoms with Crippen LogP contribution >= 0.6 is 7.82 Å². The van der Waals surface area contributed by atoms with E-state index in [-0.39, 0.29) is 12.8 Å². The fraction of sp³-hybridized carbons (Fsp3) is 0.844. The summed E-state index contributed by atoms with van der Waals surface area (Å²) in [4.78, 5) is 45.9. The highest BCUT2D eigenvalue weighted by Crippen LogP contribution is 2.43. The molecule has 3 unspecified atom stereocenters. The molecule has 1 amide bonds. The van der Waals surface area contributed by atoms with Gasteiger partial charge in [-0.25, -0.2) is 9.36 Å². The second-order valence-corrected chi connectivity index (χ2v) is 17.0. The van der Waals surface area contributed by atoms with Crippen LogP contribution in [0.25, 0.3) is 0 Å². The van der Waals surface area contributed by atoms with Crippen molar-refractivity contribution >= 4 is 25.7 Å². The Bertz CT molecular complexity index is 1070. The van der Waals surface area contributed by atoms with Gasteiger partial charge in [-0.1, -0.05) is 160 Å². The first-order valence-electron chi connectivity index (χ1n) is 22.9. The van der Waals surface area contributed by atoms with Crippen LogP contribution in [0, 0.1) is 0 Å². The highest BCUT2D eigenvalue weighted by molar-refractivity contribution is 7.47. The van der Waals surface area contributed by atoms with Gasteiger partial charge in [0.1, 0.15) is 12.7 Å². The summed E-state index contributed by atoms with van der Waals surface area (Å²) in [6, 6.07) is -1.55. The number of hydrogen-bond acceptors (Lipinski definition) is 8. The van der Waals surface area contributed by atoms with E-state index >= 15 is 0 Å². The Morgan fingerprint density at radius 2 is 0.912 bits per heavy atom. The van der Waals surface area contributed by atoms with E-state index in [0.29, 0.717) is 12.8 Å². The molecule has 0 aromatic heterocycles. The van der Waals surface area contributed by atoms with Crippen LogP contribution in [0.3, 0.4) is 0 Å². The van der Waals surface area contributed by atoms with Crippen LogP contribution in [0.5, 0.6) is 0 Å². The summed E-state index contributed by atoms with van der Waals surface area (Å²) in [6.45, 7) is 2.56. The Balaban J connectivity index is 3.83. The highest BCUT2D eigenvalue weighted by atomic mass is 31.2. The first-order valence-corrected chi connectivity index (χ1v) is 24.4. The normalized spacial score (nSPS) is 13.9. The highest BCUT2D eigenvalue weighted by Gasteiger charge is 2.28. The molecule has 0 aliphatic heterocycles. The quantitative estimate of drug-likeness (QED) is 0.0201. The molecule has 0 rings (SSSR count). The van der Waals surface area contributed by atoms with Gasteiger partial charge in [0, 0.05) is 12.8 Å². The Hall–Kier alpha value is -2.04. The van der Waals surface area contributed by atoms with Gasteiger partial charge >= 0.3 is 19.8 Å². The molecule has 0 aromatic rings. The molecule has 0 fully saturated rings. The van der Waals surface area contributed by atoms with Crippen LogP contribution in [0.15, 0.2) is 24.3 Å². The van der Waals surface area contributed by atoms with Crippen molar-refractivity contribution in [3.05, 3.63) is 24.3 Å². The van der Waals surface area contributed by atoms with Gasteiger partial charge in [0.05, 0.1) is 13.2 Å². The van der Waals surface area contributed by atoms with Crippen molar-refractivity contribution in [1.82, 2.24) is 5.32 Å². The maximum atomic E-state index is 12.3. The molecular weight excluding hydrogens is 745 g/mol. The number of ether oxygens (including phenoxy) is 1. The Labute approximate surface area is 347 Å². The van der Waals surface area contributed by atoms with Crippen LogP contribution < -0.4 is 5.32 Å². The summed E-state index contributed by atoms with van der Waals surface area (Å²) in [6.07, 6.45) is 42.1. The summed E-state index contributed by atoms with van der Waals surface area (Å²) in [5.74, 6) is -2.38. The number of phosphoric ester groups is 1. The number of allylic oxidation sites excluding steroid dienone is 4. The van der Waals surface area contributed by atoms with E-state index < -0.39 is 57.6 Å². The third kappa shape index (κ3) is 40.5. The van der Waals surface area contributed by atoms with E-state index in [0.717, 1.165) is 57.8 Å². The number of carbonyl (C=O) groups excluding carboxylic acids is 2. The molecule has 57 heavy (non-hydrogen) atoms. The van der Waals surface area contributed by atoms with E-state index in [9.17, 15) is 34.1 Å². The largest absolute Gasteiger partial charge is 0.480 e. The summed E-state index contributed by atoms with van der Waals surface area (Å²) in [5.41, 5.74) is 0. The number of nitrogens with one attached hydrogen (secondary N) is 1. The molecule has 0 radical (unpaired) electrons. The van der Waals surface area contributed by atoms with Crippen LogP contribution in [-0.4, -0.2) is 64.9 Å². The van der Waals surface area contributed by atoms with Crippen LogP contribution in [0.1, 0.15) is 213 Å². The molecule has 0 saturated heterocycles. The number of carboxylic acids is 1. The van der Waals surface area contributed by atoms with E-state index in [2.05, 4.69) is 43.5 Å². The topological polar surface area (TPSA) is 169 Å². The number of amides is 1. The molecule has 334 valence electrons. The second kappa shape index (κ2) is 40.7. The molecule has 0 spiro atoms. The molecule has 0 bridgehead atoms. The lowest BCUT2D eigenvalue weighted by molar-refractivity contribution is -0.147. The third-order valence-corrected chi connectivity index (χ3v) is 10.9. The zero-order valence-electron chi connectivity index (χ0n) is 36.2. The lowest BCUT2D eigenvalue weighted by Crippen LogP contribution is -2.43. The molecule has 0 heterocycles. The first kappa shape index (κ1) is 55.0. The maximum Gasteiger partial charge on any atom is 0.472 e. The Kier molecular flexibility index (Phi) is 39.3. The summed E-state index contributed by atoms with van der Waals surface area (Å²) >= 11 is 0. The number of phosphoric acid groups is 1. The summed E-state index contributed by atoms with van der Waals surface area (Å²) < 4.78 is 26.8. The summed E-state index contributed by atoms with van der Waals surface area (Å²) in [7, 11) is -4.75. The minimum atomic E-state index is -4.75. The number of esters is 1. The number of rotatable bonds is 43. The molecule has 0 aromatic carbocycles. The Morgan fingerprint density at radius 1 is 0.544 bits per heavy atom. The molecule has 3 atom stereocenters. The zero-order chi connectivity index (χ0) is 42.1. The number of aliphatic carboxylic acids is 1. The average molecular weight is 830 g/mol. The third-order valence-electron chi connectivity index (χ3n) is 9.96. The fourth-order valence-corrected chi connectivity index (χ4v) is 7.14. The van der Waals surface area contributed by atoms with E-state index in [1.54, 1.807) is 0 Å². The van der Waals surface area contributed by atoms with Crippen molar-refractivity contribution in [2.24, 2.45) is 0 Å². The van der Waals surface area contributed by atoms with Gasteiger partial charge in [0.2, 0.25) is 5.91 Å². The molecule has 0 saturated carbocycles. The lowest BCUT2D eigenvalue weighted by atomic mass is 10.0. The Morgan fingerprint density at radius 3 is 1.37 bits per heavy atom. The predicted octanol–water partition coefficient (Wildman–Crippen LogP) is 11.8. The number of aliphatic hydroxyl groups is 1. The smallest absolute Gasteiger partial charge is 0.472 e. The molecule has 0 aliphatic rings. The molecule has 4 N–H and O–H groups in total. The van der Waals surface area contributed by atoms with Crippen LogP contribution in [-0.2, 0) is 32.7 Å². The van der Waals surface area contributed by atoms with Crippen molar-refractivity contribution < 1.29 is 47.8 Å². The number of aliphatic hydroxyl groups excluding tert-OH is 1. The number of hydrogen-bond donors (Lipinski definition) is 4. The van der Waals surface area contributed by atoms with E-state index in [4.69, 9.17) is 13.8 Å². The van der Waals surface area contributed by atoms with Crippen molar-refractivity contribution in [2.45, 2.75) is 225 Å². The van der Waals surface area contributed by atoms with Crippen LogP contribution in [0.4, 0.5) is 0 Å². The van der Waals surface area contributed by atoms with Gasteiger partial charge in [0.15, 0.2) is 6.04 Å². The van der Waals surface area contributed by atoms with Gasteiger partial charge in [-0.05, 0) is 64.2 Å². The zero-order valence-corrected chi connectivity index (χ0v) is 37.0.